The Morgan fingerprint density at radius 3 is 2.66 bits per heavy atom. The van der Waals surface area contributed by atoms with E-state index in [2.05, 4.69) is 74.8 Å². The molecule has 1 aliphatic rings. The van der Waals surface area contributed by atoms with Crippen LogP contribution in [-0.2, 0) is 13.0 Å². The van der Waals surface area contributed by atoms with Gasteiger partial charge in [0, 0.05) is 51.6 Å². The lowest BCUT2D eigenvalue weighted by Crippen LogP contribution is -2.48. The molecule has 1 saturated heterocycles. The molecule has 0 aliphatic carbocycles. The lowest BCUT2D eigenvalue weighted by molar-refractivity contribution is 0.198. The molecular weight excluding hydrogens is 364 g/mol. The summed E-state index contributed by atoms with van der Waals surface area (Å²) in [5, 5.41) is 11.0. The van der Waals surface area contributed by atoms with Crippen molar-refractivity contribution in [1.82, 2.24) is 25.7 Å². The Balaban J connectivity index is 1.33. The van der Waals surface area contributed by atoms with Gasteiger partial charge in [-0.2, -0.15) is 4.98 Å². The Morgan fingerprint density at radius 1 is 1.24 bits per heavy atom. The highest BCUT2D eigenvalue weighted by molar-refractivity contribution is 5.79. The number of benzene rings is 1. The Morgan fingerprint density at radius 2 is 2.00 bits per heavy atom. The van der Waals surface area contributed by atoms with Gasteiger partial charge in [-0.05, 0) is 24.8 Å². The van der Waals surface area contributed by atoms with Crippen molar-refractivity contribution in [3.63, 3.8) is 0 Å². The summed E-state index contributed by atoms with van der Waals surface area (Å²) in [7, 11) is 1.83. The van der Waals surface area contributed by atoms with E-state index in [1.807, 2.05) is 7.05 Å². The maximum Gasteiger partial charge on any atom is 0.226 e. The van der Waals surface area contributed by atoms with Gasteiger partial charge in [-0.25, -0.2) is 0 Å². The minimum absolute atomic E-state index is 0.299. The van der Waals surface area contributed by atoms with Gasteiger partial charge in [0.1, 0.15) is 0 Å². The van der Waals surface area contributed by atoms with Gasteiger partial charge in [0.2, 0.25) is 5.89 Å². The van der Waals surface area contributed by atoms with Crippen LogP contribution in [0.4, 0.5) is 0 Å². The number of aliphatic imine (C=N–C) groups is 1. The molecule has 0 unspecified atom stereocenters. The number of aromatic nitrogens is 2. The maximum atomic E-state index is 5.29. The topological polar surface area (TPSA) is 78.6 Å². The van der Waals surface area contributed by atoms with Crippen molar-refractivity contribution in [3.8, 4) is 0 Å². The lowest BCUT2D eigenvalue weighted by atomic mass is 10.0. The van der Waals surface area contributed by atoms with E-state index in [0.717, 1.165) is 63.6 Å². The third-order valence-electron chi connectivity index (χ3n) is 5.26. The van der Waals surface area contributed by atoms with E-state index in [4.69, 9.17) is 4.52 Å². The van der Waals surface area contributed by atoms with Crippen molar-refractivity contribution in [2.75, 3.05) is 26.7 Å². The number of guanidine groups is 1. The summed E-state index contributed by atoms with van der Waals surface area (Å²) in [5.74, 6) is 2.67. The van der Waals surface area contributed by atoms with Crippen LogP contribution in [0.15, 0.2) is 39.8 Å². The van der Waals surface area contributed by atoms with Crippen molar-refractivity contribution in [2.24, 2.45) is 4.99 Å². The van der Waals surface area contributed by atoms with Gasteiger partial charge in [0.25, 0.3) is 0 Å². The second kappa shape index (κ2) is 11.0. The first-order chi connectivity index (χ1) is 14.1. The van der Waals surface area contributed by atoms with Gasteiger partial charge in [-0.1, -0.05) is 49.3 Å². The number of nitrogens with one attached hydrogen (secondary N) is 2. The number of aryl methyl sites for hydroxylation is 1. The van der Waals surface area contributed by atoms with Crippen molar-refractivity contribution in [1.29, 1.82) is 0 Å². The normalized spacial score (nSPS) is 16.3. The molecule has 158 valence electrons. The summed E-state index contributed by atoms with van der Waals surface area (Å²) in [6.07, 6.45) is 3.97. The van der Waals surface area contributed by atoms with Crippen molar-refractivity contribution in [2.45, 2.75) is 58.0 Å². The lowest BCUT2D eigenvalue weighted by Gasteiger charge is -2.33. The highest BCUT2D eigenvalue weighted by Gasteiger charge is 2.20. The third-order valence-corrected chi connectivity index (χ3v) is 5.26. The fourth-order valence-electron chi connectivity index (χ4n) is 3.52. The monoisotopic (exact) mass is 398 g/mol. The second-order valence-corrected chi connectivity index (χ2v) is 7.98. The second-order valence-electron chi connectivity index (χ2n) is 7.98. The highest BCUT2D eigenvalue weighted by Crippen LogP contribution is 2.14. The molecule has 1 fully saturated rings. The fourth-order valence-corrected chi connectivity index (χ4v) is 3.52. The van der Waals surface area contributed by atoms with Crippen LogP contribution in [-0.4, -0.2) is 53.7 Å². The van der Waals surface area contributed by atoms with Crippen LogP contribution in [0.1, 0.15) is 56.3 Å². The molecule has 2 aromatic rings. The molecule has 0 amide bonds. The van der Waals surface area contributed by atoms with Crippen LogP contribution < -0.4 is 10.6 Å². The average molecular weight is 399 g/mol. The van der Waals surface area contributed by atoms with Crippen molar-refractivity contribution in [3.05, 3.63) is 47.6 Å². The molecular formula is C22H34N6O. The molecule has 29 heavy (non-hydrogen) atoms. The van der Waals surface area contributed by atoms with Crippen LogP contribution in [0.25, 0.3) is 0 Å². The smallest absolute Gasteiger partial charge is 0.226 e. The van der Waals surface area contributed by atoms with E-state index < -0.39 is 0 Å². The van der Waals surface area contributed by atoms with E-state index in [-0.39, 0.29) is 0 Å². The minimum atomic E-state index is 0.299. The van der Waals surface area contributed by atoms with Crippen molar-refractivity contribution >= 4 is 5.96 Å². The number of rotatable bonds is 8. The zero-order valence-electron chi connectivity index (χ0n) is 17.9. The summed E-state index contributed by atoms with van der Waals surface area (Å²) in [6, 6.07) is 11.2. The van der Waals surface area contributed by atoms with Gasteiger partial charge in [0.15, 0.2) is 11.8 Å². The third kappa shape index (κ3) is 6.85. The predicted octanol–water partition coefficient (Wildman–Crippen LogP) is 2.96. The largest absolute Gasteiger partial charge is 0.356 e. The van der Waals surface area contributed by atoms with E-state index >= 15 is 0 Å². The maximum absolute atomic E-state index is 5.29. The van der Waals surface area contributed by atoms with Crippen LogP contribution in [0.3, 0.4) is 0 Å². The summed E-state index contributed by atoms with van der Waals surface area (Å²) >= 11 is 0. The first-order valence-electron chi connectivity index (χ1n) is 10.7. The molecule has 0 radical (unpaired) electrons. The number of likely N-dealkylation sites (tertiary alicyclic amines) is 1. The van der Waals surface area contributed by atoms with E-state index in [1.54, 1.807) is 0 Å². The van der Waals surface area contributed by atoms with Gasteiger partial charge >= 0.3 is 0 Å². The van der Waals surface area contributed by atoms with Gasteiger partial charge in [0.05, 0.1) is 0 Å². The average Bonchev–Trinajstić information content (AvgIpc) is 3.22. The fraction of sp³-hybridized carbons (Fsp3) is 0.591. The van der Waals surface area contributed by atoms with E-state index in [1.165, 1.54) is 5.56 Å². The molecule has 1 aromatic heterocycles. The molecule has 2 N–H and O–H groups in total. The Hall–Kier alpha value is -2.41. The molecule has 7 nitrogen and oxygen atoms in total. The standard InChI is InChI=1S/C22H34N6O/c1-17(2)21-26-20(29-27-21)10-7-13-24-22(23-3)25-19-11-14-28(15-12-19)16-18-8-5-4-6-9-18/h4-6,8-9,17,19H,7,10-16H2,1-3H3,(H2,23,24,25). The first-order valence-corrected chi connectivity index (χ1v) is 10.7. The number of nitrogens with zero attached hydrogens (tertiary/aromatic N) is 4. The summed E-state index contributed by atoms with van der Waals surface area (Å²) in [5.41, 5.74) is 1.39. The quantitative estimate of drug-likeness (QED) is 0.404. The molecule has 2 heterocycles. The number of piperidine rings is 1. The summed E-state index contributed by atoms with van der Waals surface area (Å²) in [6.45, 7) is 8.22. The number of hydrogen-bond donors (Lipinski definition) is 2. The number of hydrogen-bond acceptors (Lipinski definition) is 5. The molecule has 0 atom stereocenters. The summed E-state index contributed by atoms with van der Waals surface area (Å²) < 4.78 is 5.29. The van der Waals surface area contributed by atoms with Crippen LogP contribution in [0.2, 0.25) is 0 Å². The molecule has 0 bridgehead atoms. The minimum Gasteiger partial charge on any atom is -0.356 e. The van der Waals surface area contributed by atoms with Gasteiger partial charge in [-0.3, -0.25) is 9.89 Å². The van der Waals surface area contributed by atoms with Crippen molar-refractivity contribution < 1.29 is 4.52 Å². The molecule has 0 saturated carbocycles. The Labute approximate surface area is 174 Å². The summed E-state index contributed by atoms with van der Waals surface area (Å²) in [4.78, 5) is 11.3. The van der Waals surface area contributed by atoms with Crippen LogP contribution in [0, 0.1) is 0 Å². The molecule has 0 spiro atoms. The highest BCUT2D eigenvalue weighted by atomic mass is 16.5. The van der Waals surface area contributed by atoms with Crippen LogP contribution in [0.5, 0.6) is 0 Å². The van der Waals surface area contributed by atoms with Crippen LogP contribution >= 0.6 is 0 Å². The zero-order valence-corrected chi connectivity index (χ0v) is 17.9. The van der Waals surface area contributed by atoms with E-state index in [0.29, 0.717) is 17.9 Å². The van der Waals surface area contributed by atoms with Gasteiger partial charge < -0.3 is 15.2 Å². The molecule has 1 aromatic carbocycles. The molecule has 1 aliphatic heterocycles. The Bertz CT molecular complexity index is 750. The Kier molecular flexibility index (Phi) is 8.04. The molecule has 7 heteroatoms. The zero-order chi connectivity index (χ0) is 20.5. The molecule has 3 rings (SSSR count). The SMILES string of the molecule is CN=C(NCCCc1nc(C(C)C)no1)NC1CCN(Cc2ccccc2)CC1. The first kappa shape index (κ1) is 21.3. The predicted molar refractivity (Wildman–Crippen MR) is 116 cm³/mol. The van der Waals surface area contributed by atoms with Gasteiger partial charge in [-0.15, -0.1) is 0 Å². The van der Waals surface area contributed by atoms with E-state index in [9.17, 15) is 0 Å².